The van der Waals surface area contributed by atoms with Gasteiger partial charge in [0.15, 0.2) is 0 Å². The topological polar surface area (TPSA) is 96.6 Å². The summed E-state index contributed by atoms with van der Waals surface area (Å²) in [5.41, 5.74) is 6.80. The first-order valence-corrected chi connectivity index (χ1v) is 8.23. The lowest BCUT2D eigenvalue weighted by Gasteiger charge is -2.13. The van der Waals surface area contributed by atoms with Crippen molar-refractivity contribution >= 4 is 35.1 Å². The number of nitro benzene ring substituents is 1. The van der Waals surface area contributed by atoms with Crippen molar-refractivity contribution in [1.29, 1.82) is 0 Å². The highest BCUT2D eigenvalue weighted by Crippen LogP contribution is 2.22. The van der Waals surface area contributed by atoms with Crippen LogP contribution in [-0.2, 0) is 4.79 Å². The van der Waals surface area contributed by atoms with Crippen LogP contribution in [0.15, 0.2) is 35.4 Å². The number of benzene rings is 2. The Morgan fingerprint density at radius 2 is 1.88 bits per heavy atom. The second kappa shape index (κ2) is 8.44. The number of nitro groups is 1. The van der Waals surface area contributed by atoms with E-state index in [4.69, 9.17) is 11.6 Å². The van der Waals surface area contributed by atoms with Crippen LogP contribution in [0.5, 0.6) is 0 Å². The van der Waals surface area contributed by atoms with Crippen LogP contribution in [0, 0.1) is 30.9 Å². The number of carbonyl (C=O) groups is 1. The smallest absolute Gasteiger partial charge is 0.270 e. The molecule has 0 aliphatic rings. The maximum Gasteiger partial charge on any atom is 0.270 e. The van der Waals surface area contributed by atoms with Gasteiger partial charge in [0, 0.05) is 28.4 Å². The predicted molar refractivity (Wildman–Crippen MR) is 103 cm³/mol. The van der Waals surface area contributed by atoms with Crippen LogP contribution >= 0.6 is 11.6 Å². The maximum absolute atomic E-state index is 11.9. The van der Waals surface area contributed by atoms with Crippen molar-refractivity contribution in [3.63, 3.8) is 0 Å². The third kappa shape index (κ3) is 5.03. The summed E-state index contributed by atoms with van der Waals surface area (Å²) in [6, 6.07) is 8.07. The van der Waals surface area contributed by atoms with E-state index in [1.807, 2.05) is 32.9 Å². The Labute approximate surface area is 156 Å². The Hall–Kier alpha value is -2.93. The largest absolute Gasteiger partial charge is 0.376 e. The van der Waals surface area contributed by atoms with Gasteiger partial charge in [-0.25, -0.2) is 5.43 Å². The third-order valence-corrected chi connectivity index (χ3v) is 4.03. The van der Waals surface area contributed by atoms with E-state index in [2.05, 4.69) is 15.8 Å². The Morgan fingerprint density at radius 3 is 2.50 bits per heavy atom. The molecule has 0 spiro atoms. The highest BCUT2D eigenvalue weighted by Gasteiger charge is 2.09. The zero-order chi connectivity index (χ0) is 19.3. The maximum atomic E-state index is 11.9. The van der Waals surface area contributed by atoms with Crippen LogP contribution < -0.4 is 10.7 Å². The monoisotopic (exact) mass is 374 g/mol. The molecule has 136 valence electrons. The van der Waals surface area contributed by atoms with Crippen LogP contribution in [0.4, 0.5) is 11.4 Å². The Morgan fingerprint density at radius 1 is 1.23 bits per heavy atom. The zero-order valence-electron chi connectivity index (χ0n) is 14.7. The molecule has 0 aliphatic heterocycles. The van der Waals surface area contributed by atoms with Crippen molar-refractivity contribution in [1.82, 2.24) is 5.43 Å². The van der Waals surface area contributed by atoms with Gasteiger partial charge in [-0.3, -0.25) is 14.9 Å². The molecular weight excluding hydrogens is 356 g/mol. The highest BCUT2D eigenvalue weighted by molar-refractivity contribution is 6.33. The number of rotatable bonds is 6. The van der Waals surface area contributed by atoms with Crippen molar-refractivity contribution in [3.05, 3.63) is 67.7 Å². The van der Waals surface area contributed by atoms with E-state index >= 15 is 0 Å². The predicted octanol–water partition coefficient (Wildman–Crippen LogP) is 3.74. The summed E-state index contributed by atoms with van der Waals surface area (Å²) in [5.74, 6) is -0.345. The van der Waals surface area contributed by atoms with Crippen molar-refractivity contribution in [3.8, 4) is 0 Å². The summed E-state index contributed by atoms with van der Waals surface area (Å²) in [7, 11) is 0. The lowest BCUT2D eigenvalue weighted by molar-refractivity contribution is -0.384. The molecule has 0 heterocycles. The van der Waals surface area contributed by atoms with Gasteiger partial charge in [-0.2, -0.15) is 5.10 Å². The SMILES string of the molecule is Cc1cc(C)c(NCC(=O)N/N=C\c2cc([N+](=O)[O-])ccc2Cl)c(C)c1. The number of hydrogen-bond acceptors (Lipinski definition) is 5. The fourth-order valence-electron chi connectivity index (χ4n) is 2.58. The molecule has 2 rings (SSSR count). The van der Waals surface area contributed by atoms with Gasteiger partial charge in [0.25, 0.3) is 11.6 Å². The standard InChI is InChI=1S/C18H19ClN4O3/c1-11-6-12(2)18(13(3)7-11)20-10-17(24)22-21-9-14-8-15(23(25)26)4-5-16(14)19/h4-9,20H,10H2,1-3H3,(H,22,24)/b21-9-. The average Bonchev–Trinajstić information content (AvgIpc) is 2.55. The molecule has 0 aromatic heterocycles. The van der Waals surface area contributed by atoms with E-state index < -0.39 is 4.92 Å². The second-order valence-corrected chi connectivity index (χ2v) is 6.29. The van der Waals surface area contributed by atoms with Gasteiger partial charge in [-0.05, 0) is 38.0 Å². The molecule has 0 saturated carbocycles. The van der Waals surface area contributed by atoms with E-state index in [0.717, 1.165) is 22.4 Å². The Balaban J connectivity index is 1.96. The van der Waals surface area contributed by atoms with Gasteiger partial charge >= 0.3 is 0 Å². The zero-order valence-corrected chi connectivity index (χ0v) is 15.4. The summed E-state index contributed by atoms with van der Waals surface area (Å²) in [6.07, 6.45) is 1.27. The quantitative estimate of drug-likeness (QED) is 0.457. The first kappa shape index (κ1) is 19.4. The summed E-state index contributed by atoms with van der Waals surface area (Å²) in [4.78, 5) is 22.2. The minimum atomic E-state index is -0.525. The molecule has 0 bridgehead atoms. The fraction of sp³-hybridized carbons (Fsp3) is 0.222. The number of carbonyl (C=O) groups excluding carboxylic acids is 1. The number of nitrogens with one attached hydrogen (secondary N) is 2. The number of hydrazone groups is 1. The number of nitrogens with zero attached hydrogens (tertiary/aromatic N) is 2. The first-order chi connectivity index (χ1) is 12.3. The summed E-state index contributed by atoms with van der Waals surface area (Å²) < 4.78 is 0. The van der Waals surface area contributed by atoms with Crippen LogP contribution in [0.25, 0.3) is 0 Å². The van der Waals surface area contributed by atoms with Gasteiger partial charge in [0.2, 0.25) is 0 Å². The molecule has 0 fully saturated rings. The lowest BCUT2D eigenvalue weighted by atomic mass is 10.1. The highest BCUT2D eigenvalue weighted by atomic mass is 35.5. The molecule has 26 heavy (non-hydrogen) atoms. The molecule has 2 aromatic rings. The molecule has 0 unspecified atom stereocenters. The van der Waals surface area contributed by atoms with Gasteiger partial charge in [0.1, 0.15) is 0 Å². The van der Waals surface area contributed by atoms with Crippen molar-refractivity contribution in [2.24, 2.45) is 5.10 Å². The van der Waals surface area contributed by atoms with Crippen LogP contribution in [0.1, 0.15) is 22.3 Å². The molecule has 2 aromatic carbocycles. The van der Waals surface area contributed by atoms with E-state index in [0.29, 0.717) is 10.6 Å². The molecule has 7 nitrogen and oxygen atoms in total. The molecule has 0 saturated heterocycles. The van der Waals surface area contributed by atoms with Crippen molar-refractivity contribution in [2.75, 3.05) is 11.9 Å². The van der Waals surface area contributed by atoms with Gasteiger partial charge in [0.05, 0.1) is 17.7 Å². The van der Waals surface area contributed by atoms with E-state index in [-0.39, 0.29) is 18.1 Å². The van der Waals surface area contributed by atoms with Crippen LogP contribution in [-0.4, -0.2) is 23.6 Å². The number of hydrogen-bond donors (Lipinski definition) is 2. The van der Waals surface area contributed by atoms with Crippen LogP contribution in [0.2, 0.25) is 5.02 Å². The summed E-state index contributed by atoms with van der Waals surface area (Å²) in [6.45, 7) is 6.01. The second-order valence-electron chi connectivity index (χ2n) is 5.88. The van der Waals surface area contributed by atoms with E-state index in [1.54, 1.807) is 0 Å². The number of non-ortho nitro benzene ring substituents is 1. The number of aryl methyl sites for hydroxylation is 3. The first-order valence-electron chi connectivity index (χ1n) is 7.85. The number of halogens is 1. The average molecular weight is 375 g/mol. The number of anilines is 1. The fourth-order valence-corrected chi connectivity index (χ4v) is 2.75. The van der Waals surface area contributed by atoms with E-state index in [9.17, 15) is 14.9 Å². The normalized spacial score (nSPS) is 10.8. The Kier molecular flexibility index (Phi) is 6.30. The molecule has 8 heteroatoms. The molecular formula is C18H19ClN4O3. The lowest BCUT2D eigenvalue weighted by Crippen LogP contribution is -2.26. The van der Waals surface area contributed by atoms with Gasteiger partial charge in [-0.15, -0.1) is 0 Å². The molecule has 0 radical (unpaired) electrons. The molecule has 0 atom stereocenters. The minimum Gasteiger partial charge on any atom is -0.376 e. The van der Waals surface area contributed by atoms with E-state index in [1.165, 1.54) is 24.4 Å². The molecule has 0 aliphatic carbocycles. The Bertz CT molecular complexity index is 858. The van der Waals surface area contributed by atoms with Crippen LogP contribution in [0.3, 0.4) is 0 Å². The number of amides is 1. The third-order valence-electron chi connectivity index (χ3n) is 3.69. The van der Waals surface area contributed by atoms with Crippen molar-refractivity contribution in [2.45, 2.75) is 20.8 Å². The minimum absolute atomic E-state index is 0.0464. The molecule has 1 amide bonds. The molecule has 2 N–H and O–H groups in total. The summed E-state index contributed by atoms with van der Waals surface area (Å²) >= 11 is 5.97. The van der Waals surface area contributed by atoms with Gasteiger partial charge in [-0.1, -0.05) is 29.3 Å². The summed E-state index contributed by atoms with van der Waals surface area (Å²) in [5, 5.41) is 18.0. The van der Waals surface area contributed by atoms with Gasteiger partial charge < -0.3 is 5.32 Å². The van der Waals surface area contributed by atoms with Crippen molar-refractivity contribution < 1.29 is 9.72 Å².